The number of urea groups is 1. The van der Waals surface area contributed by atoms with Gasteiger partial charge in [-0.15, -0.1) is 11.3 Å². The van der Waals surface area contributed by atoms with E-state index in [1.54, 1.807) is 17.0 Å². The zero-order valence-electron chi connectivity index (χ0n) is 14.7. The minimum absolute atomic E-state index is 0.193. The molecule has 6 heteroatoms. The van der Waals surface area contributed by atoms with Crippen molar-refractivity contribution in [2.75, 3.05) is 5.32 Å². The number of amides is 2. The summed E-state index contributed by atoms with van der Waals surface area (Å²) in [5.41, 5.74) is 0.616. The molecule has 3 N–H and O–H groups in total. The Kier molecular flexibility index (Phi) is 5.22. The van der Waals surface area contributed by atoms with Crippen LogP contribution in [0.25, 0.3) is 0 Å². The standard InChI is InChI=1S/C20H24FN3OS/c21-14-6-8-15(9-7-14)22-20(25)23-16-11-17-3-1-4-18(12-16)24(17)13-19-5-2-10-26-19/h2,5-10,16-18H,1,3-4,11-13H2,(H2,22,23,25)/p+1/t16?,17-,18+. The van der Waals surface area contributed by atoms with E-state index in [0.717, 1.165) is 19.4 Å². The van der Waals surface area contributed by atoms with Crippen molar-refractivity contribution < 1.29 is 14.1 Å². The molecule has 2 bridgehead atoms. The highest BCUT2D eigenvalue weighted by molar-refractivity contribution is 7.09. The van der Waals surface area contributed by atoms with Gasteiger partial charge in [0.25, 0.3) is 0 Å². The Morgan fingerprint density at radius 3 is 2.54 bits per heavy atom. The SMILES string of the molecule is O=C(Nc1ccc(F)cc1)NC1C[C@H]2CCC[C@@H](C1)[NH+]2Cc1cccs1. The lowest BCUT2D eigenvalue weighted by Crippen LogP contribution is -3.20. The topological polar surface area (TPSA) is 45.6 Å². The lowest BCUT2D eigenvalue weighted by atomic mass is 9.81. The summed E-state index contributed by atoms with van der Waals surface area (Å²) >= 11 is 1.84. The average Bonchev–Trinajstić information content (AvgIpc) is 3.11. The quantitative estimate of drug-likeness (QED) is 0.756. The summed E-state index contributed by atoms with van der Waals surface area (Å²) in [6.45, 7) is 1.11. The third-order valence-electron chi connectivity index (χ3n) is 5.69. The summed E-state index contributed by atoms with van der Waals surface area (Å²) in [5.74, 6) is -0.301. The van der Waals surface area contributed by atoms with Gasteiger partial charge in [0, 0.05) is 24.6 Å². The normalized spacial score (nSPS) is 27.7. The van der Waals surface area contributed by atoms with Crippen LogP contribution in [0, 0.1) is 5.82 Å². The minimum atomic E-state index is -0.301. The van der Waals surface area contributed by atoms with Crippen molar-refractivity contribution in [3.63, 3.8) is 0 Å². The molecule has 1 aromatic heterocycles. The van der Waals surface area contributed by atoms with E-state index in [2.05, 4.69) is 28.1 Å². The van der Waals surface area contributed by atoms with E-state index in [9.17, 15) is 9.18 Å². The van der Waals surface area contributed by atoms with E-state index in [4.69, 9.17) is 0 Å². The van der Waals surface area contributed by atoms with Crippen LogP contribution < -0.4 is 15.5 Å². The van der Waals surface area contributed by atoms with Crippen molar-refractivity contribution in [1.82, 2.24) is 5.32 Å². The fourth-order valence-corrected chi connectivity index (χ4v) is 5.28. The highest BCUT2D eigenvalue weighted by Crippen LogP contribution is 2.23. The number of rotatable bonds is 4. The van der Waals surface area contributed by atoms with Crippen LogP contribution in [0.5, 0.6) is 0 Å². The van der Waals surface area contributed by atoms with E-state index in [1.165, 1.54) is 36.3 Å². The zero-order valence-corrected chi connectivity index (χ0v) is 15.5. The van der Waals surface area contributed by atoms with Gasteiger partial charge in [-0.2, -0.15) is 0 Å². The summed E-state index contributed by atoms with van der Waals surface area (Å²) in [7, 11) is 0. The number of quaternary nitrogens is 1. The number of carbonyl (C=O) groups excluding carboxylic acids is 1. The Morgan fingerprint density at radius 1 is 1.15 bits per heavy atom. The molecule has 26 heavy (non-hydrogen) atoms. The molecular weight excluding hydrogens is 349 g/mol. The molecule has 2 unspecified atom stereocenters. The first-order chi connectivity index (χ1) is 12.7. The van der Waals surface area contributed by atoms with Crippen LogP contribution in [-0.2, 0) is 6.54 Å². The molecule has 4 rings (SSSR count). The molecule has 2 aliphatic heterocycles. The summed E-state index contributed by atoms with van der Waals surface area (Å²) in [6.07, 6.45) is 5.86. The van der Waals surface area contributed by atoms with Crippen LogP contribution in [-0.4, -0.2) is 24.2 Å². The van der Waals surface area contributed by atoms with E-state index in [1.807, 2.05) is 11.3 Å². The van der Waals surface area contributed by atoms with Crippen molar-refractivity contribution in [2.45, 2.75) is 56.8 Å². The second-order valence-electron chi connectivity index (χ2n) is 7.43. The molecule has 0 saturated carbocycles. The highest BCUT2D eigenvalue weighted by atomic mass is 32.1. The predicted octanol–water partition coefficient (Wildman–Crippen LogP) is 3.18. The molecule has 2 aliphatic rings. The average molecular weight is 375 g/mol. The maximum absolute atomic E-state index is 13.0. The third kappa shape index (κ3) is 4.07. The maximum atomic E-state index is 13.0. The number of piperidine rings is 2. The van der Waals surface area contributed by atoms with Gasteiger partial charge < -0.3 is 15.5 Å². The van der Waals surface area contributed by atoms with Gasteiger partial charge in [0.15, 0.2) is 0 Å². The number of fused-ring (bicyclic) bond motifs is 2. The number of nitrogens with one attached hydrogen (secondary N) is 3. The maximum Gasteiger partial charge on any atom is 0.319 e. The fraction of sp³-hybridized carbons (Fsp3) is 0.450. The lowest BCUT2D eigenvalue weighted by Gasteiger charge is -2.45. The van der Waals surface area contributed by atoms with Crippen LogP contribution in [0.2, 0.25) is 0 Å². The Hall–Kier alpha value is -1.92. The minimum Gasteiger partial charge on any atom is -0.335 e. The van der Waals surface area contributed by atoms with Crippen molar-refractivity contribution >= 4 is 23.1 Å². The van der Waals surface area contributed by atoms with E-state index >= 15 is 0 Å². The molecule has 0 radical (unpaired) electrons. The number of anilines is 1. The van der Waals surface area contributed by atoms with Gasteiger partial charge in [-0.25, -0.2) is 9.18 Å². The number of hydrogen-bond donors (Lipinski definition) is 3. The number of hydrogen-bond acceptors (Lipinski definition) is 2. The van der Waals surface area contributed by atoms with Crippen LogP contribution in [0.15, 0.2) is 41.8 Å². The molecule has 3 heterocycles. The second kappa shape index (κ2) is 7.76. The molecule has 2 aromatic rings. The molecular formula is C20H25FN3OS+. The van der Waals surface area contributed by atoms with Gasteiger partial charge in [0.1, 0.15) is 12.4 Å². The monoisotopic (exact) mass is 374 g/mol. The Morgan fingerprint density at radius 2 is 1.88 bits per heavy atom. The fourth-order valence-electron chi connectivity index (χ4n) is 4.54. The van der Waals surface area contributed by atoms with Crippen molar-refractivity contribution in [1.29, 1.82) is 0 Å². The molecule has 2 saturated heterocycles. The van der Waals surface area contributed by atoms with Gasteiger partial charge >= 0.3 is 6.03 Å². The van der Waals surface area contributed by atoms with E-state index < -0.39 is 0 Å². The number of thiophene rings is 1. The molecule has 138 valence electrons. The summed E-state index contributed by atoms with van der Waals surface area (Å²) in [5, 5.41) is 8.09. The van der Waals surface area contributed by atoms with Gasteiger partial charge in [-0.1, -0.05) is 6.07 Å². The van der Waals surface area contributed by atoms with Crippen LogP contribution in [0.4, 0.5) is 14.9 Å². The lowest BCUT2D eigenvalue weighted by molar-refractivity contribution is -0.973. The van der Waals surface area contributed by atoms with Crippen LogP contribution in [0.1, 0.15) is 37.0 Å². The van der Waals surface area contributed by atoms with Gasteiger partial charge in [-0.3, -0.25) is 0 Å². The Balaban J connectivity index is 1.34. The Labute approximate surface area is 157 Å². The van der Waals surface area contributed by atoms with Crippen molar-refractivity contribution in [3.8, 4) is 0 Å². The number of carbonyl (C=O) groups is 1. The zero-order chi connectivity index (χ0) is 17.9. The van der Waals surface area contributed by atoms with Crippen LogP contribution >= 0.6 is 11.3 Å². The van der Waals surface area contributed by atoms with Gasteiger partial charge in [0.2, 0.25) is 0 Å². The molecule has 2 amide bonds. The van der Waals surface area contributed by atoms with Crippen molar-refractivity contribution in [3.05, 3.63) is 52.5 Å². The summed E-state index contributed by atoms with van der Waals surface area (Å²) in [4.78, 5) is 15.5. The van der Waals surface area contributed by atoms with E-state index in [0.29, 0.717) is 17.8 Å². The first-order valence-corrected chi connectivity index (χ1v) is 10.3. The van der Waals surface area contributed by atoms with Crippen LogP contribution in [0.3, 0.4) is 0 Å². The molecule has 2 fully saturated rings. The third-order valence-corrected chi connectivity index (χ3v) is 6.56. The van der Waals surface area contributed by atoms with Crippen molar-refractivity contribution in [2.24, 2.45) is 0 Å². The molecule has 0 aliphatic carbocycles. The second-order valence-corrected chi connectivity index (χ2v) is 8.46. The van der Waals surface area contributed by atoms with Gasteiger partial charge in [-0.05, 0) is 55.0 Å². The first kappa shape index (κ1) is 17.5. The van der Waals surface area contributed by atoms with E-state index in [-0.39, 0.29) is 17.9 Å². The van der Waals surface area contributed by atoms with Gasteiger partial charge in [0.05, 0.1) is 17.0 Å². The molecule has 1 aromatic carbocycles. The number of benzene rings is 1. The first-order valence-electron chi connectivity index (χ1n) is 9.38. The number of halogens is 1. The summed E-state index contributed by atoms with van der Waals surface area (Å²) < 4.78 is 13.0. The summed E-state index contributed by atoms with van der Waals surface area (Å²) in [6, 6.07) is 11.5. The highest BCUT2D eigenvalue weighted by Gasteiger charge is 2.42. The predicted molar refractivity (Wildman–Crippen MR) is 102 cm³/mol. The largest absolute Gasteiger partial charge is 0.335 e. The molecule has 4 nitrogen and oxygen atoms in total. The molecule has 4 atom stereocenters. The Bertz CT molecular complexity index is 720. The molecule has 0 spiro atoms. The smallest absolute Gasteiger partial charge is 0.319 e.